The standard InChI is InChI=1S/C20H25N3O4/c1-14(2)27-13-17-8-6-5-7-15(17)11-21-18(24)10-9-16-12-22(3)20(26)23(4)19(16)25/h5-10,12,14H,11,13H2,1-4H3,(H,21,24). The normalized spacial score (nSPS) is 11.3. The first-order chi connectivity index (χ1) is 12.8. The molecule has 1 heterocycles. The Morgan fingerprint density at radius 2 is 1.85 bits per heavy atom. The molecule has 2 aromatic rings. The largest absolute Gasteiger partial charge is 0.374 e. The second-order valence-corrected chi connectivity index (χ2v) is 6.52. The molecule has 0 saturated carbocycles. The van der Waals surface area contributed by atoms with E-state index in [1.165, 1.54) is 30.0 Å². The summed E-state index contributed by atoms with van der Waals surface area (Å²) in [6, 6.07) is 7.74. The molecule has 1 N–H and O–H groups in total. The average Bonchev–Trinajstić information content (AvgIpc) is 2.65. The number of aryl methyl sites for hydroxylation is 1. The van der Waals surface area contributed by atoms with Crippen LogP contribution in [0.5, 0.6) is 0 Å². The monoisotopic (exact) mass is 371 g/mol. The predicted octanol–water partition coefficient (Wildman–Crippen LogP) is 1.34. The van der Waals surface area contributed by atoms with E-state index in [1.54, 1.807) is 7.05 Å². The summed E-state index contributed by atoms with van der Waals surface area (Å²) in [6.07, 6.45) is 4.23. The van der Waals surface area contributed by atoms with Crippen LogP contribution in [0.2, 0.25) is 0 Å². The van der Waals surface area contributed by atoms with Crippen LogP contribution in [-0.4, -0.2) is 21.1 Å². The molecule has 2 rings (SSSR count). The Morgan fingerprint density at radius 3 is 2.52 bits per heavy atom. The van der Waals surface area contributed by atoms with Crippen LogP contribution in [0.1, 0.15) is 30.5 Å². The van der Waals surface area contributed by atoms with E-state index in [9.17, 15) is 14.4 Å². The van der Waals surface area contributed by atoms with Gasteiger partial charge in [-0.1, -0.05) is 24.3 Å². The molecular formula is C20H25N3O4. The summed E-state index contributed by atoms with van der Waals surface area (Å²) in [5.74, 6) is -0.328. The number of ether oxygens (including phenoxy) is 1. The number of nitrogens with one attached hydrogen (secondary N) is 1. The van der Waals surface area contributed by atoms with Gasteiger partial charge < -0.3 is 14.6 Å². The number of nitrogens with zero attached hydrogens (tertiary/aromatic N) is 2. The van der Waals surface area contributed by atoms with E-state index >= 15 is 0 Å². The SMILES string of the molecule is CC(C)OCc1ccccc1CNC(=O)C=Cc1cn(C)c(=O)n(C)c1=O. The van der Waals surface area contributed by atoms with E-state index in [2.05, 4.69) is 5.32 Å². The van der Waals surface area contributed by atoms with Gasteiger partial charge in [-0.3, -0.25) is 14.2 Å². The number of hydrogen-bond acceptors (Lipinski definition) is 4. The molecule has 144 valence electrons. The lowest BCUT2D eigenvalue weighted by Gasteiger charge is -2.12. The Morgan fingerprint density at radius 1 is 1.19 bits per heavy atom. The molecule has 0 bridgehead atoms. The average molecular weight is 371 g/mol. The van der Waals surface area contributed by atoms with Crippen molar-refractivity contribution in [2.75, 3.05) is 0 Å². The van der Waals surface area contributed by atoms with Crippen LogP contribution in [-0.2, 0) is 36.8 Å². The smallest absolute Gasteiger partial charge is 0.330 e. The summed E-state index contributed by atoms with van der Waals surface area (Å²) in [7, 11) is 2.95. The number of carbonyl (C=O) groups is 1. The fourth-order valence-corrected chi connectivity index (χ4v) is 2.48. The zero-order valence-electron chi connectivity index (χ0n) is 16.1. The predicted molar refractivity (Wildman–Crippen MR) is 104 cm³/mol. The van der Waals surface area contributed by atoms with Crippen LogP contribution in [0.3, 0.4) is 0 Å². The number of amides is 1. The maximum Gasteiger partial charge on any atom is 0.330 e. The third-order valence-electron chi connectivity index (χ3n) is 4.03. The van der Waals surface area contributed by atoms with E-state index < -0.39 is 11.2 Å². The summed E-state index contributed by atoms with van der Waals surface area (Å²) in [4.78, 5) is 35.8. The summed E-state index contributed by atoms with van der Waals surface area (Å²) in [5, 5.41) is 2.80. The number of benzene rings is 1. The highest BCUT2D eigenvalue weighted by Gasteiger charge is 2.06. The van der Waals surface area contributed by atoms with Gasteiger partial charge in [0.1, 0.15) is 0 Å². The molecule has 1 amide bonds. The van der Waals surface area contributed by atoms with Crippen molar-refractivity contribution in [1.29, 1.82) is 0 Å². The van der Waals surface area contributed by atoms with Crippen LogP contribution in [0.4, 0.5) is 0 Å². The molecule has 1 aromatic carbocycles. The second kappa shape index (κ2) is 9.14. The van der Waals surface area contributed by atoms with Gasteiger partial charge in [0.25, 0.3) is 5.56 Å². The lowest BCUT2D eigenvalue weighted by Crippen LogP contribution is -2.37. The lowest BCUT2D eigenvalue weighted by molar-refractivity contribution is -0.116. The van der Waals surface area contributed by atoms with Crippen molar-refractivity contribution in [3.63, 3.8) is 0 Å². The molecule has 0 unspecified atom stereocenters. The highest BCUT2D eigenvalue weighted by Crippen LogP contribution is 2.11. The Kier molecular flexibility index (Phi) is 6.90. The van der Waals surface area contributed by atoms with Gasteiger partial charge >= 0.3 is 5.69 Å². The summed E-state index contributed by atoms with van der Waals surface area (Å²) in [5.41, 5.74) is 1.39. The Labute approximate surface area is 157 Å². The van der Waals surface area contributed by atoms with Crippen molar-refractivity contribution in [3.05, 3.63) is 74.1 Å². The minimum atomic E-state index is -0.446. The van der Waals surface area contributed by atoms with Crippen molar-refractivity contribution in [1.82, 2.24) is 14.5 Å². The van der Waals surface area contributed by atoms with Crippen molar-refractivity contribution in [3.8, 4) is 0 Å². The number of aromatic nitrogens is 2. The Bertz CT molecular complexity index is 954. The van der Waals surface area contributed by atoms with Gasteiger partial charge in [0.05, 0.1) is 18.3 Å². The molecule has 7 nitrogen and oxygen atoms in total. The van der Waals surface area contributed by atoms with E-state index in [0.29, 0.717) is 13.2 Å². The summed E-state index contributed by atoms with van der Waals surface area (Å²) in [6.45, 7) is 4.78. The highest BCUT2D eigenvalue weighted by molar-refractivity contribution is 5.91. The molecular weight excluding hydrogens is 346 g/mol. The van der Waals surface area contributed by atoms with Gasteiger partial charge in [-0.15, -0.1) is 0 Å². The van der Waals surface area contributed by atoms with Gasteiger partial charge in [-0.2, -0.15) is 0 Å². The molecule has 0 radical (unpaired) electrons. The number of carbonyl (C=O) groups excluding carboxylic acids is 1. The molecule has 27 heavy (non-hydrogen) atoms. The molecule has 0 aliphatic rings. The first-order valence-corrected chi connectivity index (χ1v) is 8.70. The molecule has 0 aliphatic carbocycles. The maximum atomic E-state index is 12.1. The Balaban J connectivity index is 2.05. The third kappa shape index (κ3) is 5.52. The summed E-state index contributed by atoms with van der Waals surface area (Å²) >= 11 is 0. The van der Waals surface area contributed by atoms with Crippen LogP contribution in [0.25, 0.3) is 6.08 Å². The maximum absolute atomic E-state index is 12.1. The van der Waals surface area contributed by atoms with Crippen molar-refractivity contribution >= 4 is 12.0 Å². The third-order valence-corrected chi connectivity index (χ3v) is 4.03. The van der Waals surface area contributed by atoms with Crippen LogP contribution >= 0.6 is 0 Å². The van der Waals surface area contributed by atoms with Crippen LogP contribution < -0.4 is 16.6 Å². The zero-order chi connectivity index (χ0) is 20.0. The van der Waals surface area contributed by atoms with Crippen molar-refractivity contribution in [2.24, 2.45) is 14.1 Å². The quantitative estimate of drug-likeness (QED) is 0.745. The van der Waals surface area contributed by atoms with Crippen molar-refractivity contribution < 1.29 is 9.53 Å². The van der Waals surface area contributed by atoms with E-state index in [4.69, 9.17) is 4.74 Å². The van der Waals surface area contributed by atoms with Gasteiger partial charge in [-0.25, -0.2) is 4.79 Å². The Hall–Kier alpha value is -2.93. The van der Waals surface area contributed by atoms with Crippen LogP contribution in [0.15, 0.2) is 46.1 Å². The fraction of sp³-hybridized carbons (Fsp3) is 0.350. The van der Waals surface area contributed by atoms with E-state index in [-0.39, 0.29) is 17.6 Å². The number of rotatable bonds is 7. The molecule has 0 spiro atoms. The highest BCUT2D eigenvalue weighted by atomic mass is 16.5. The zero-order valence-corrected chi connectivity index (χ0v) is 16.1. The van der Waals surface area contributed by atoms with Crippen molar-refractivity contribution in [2.45, 2.75) is 33.1 Å². The van der Waals surface area contributed by atoms with E-state index in [1.807, 2.05) is 38.1 Å². The number of hydrogen-bond donors (Lipinski definition) is 1. The van der Waals surface area contributed by atoms with Gasteiger partial charge in [0.15, 0.2) is 0 Å². The first kappa shape index (κ1) is 20.4. The molecule has 0 saturated heterocycles. The van der Waals surface area contributed by atoms with Gasteiger partial charge in [-0.05, 0) is 31.1 Å². The lowest BCUT2D eigenvalue weighted by atomic mass is 10.1. The van der Waals surface area contributed by atoms with Gasteiger partial charge in [0.2, 0.25) is 5.91 Å². The van der Waals surface area contributed by atoms with Gasteiger partial charge in [0, 0.05) is 32.9 Å². The first-order valence-electron chi connectivity index (χ1n) is 8.70. The molecule has 7 heteroatoms. The topological polar surface area (TPSA) is 82.3 Å². The molecule has 1 aromatic heterocycles. The second-order valence-electron chi connectivity index (χ2n) is 6.52. The molecule has 0 aliphatic heterocycles. The van der Waals surface area contributed by atoms with Crippen LogP contribution in [0, 0.1) is 0 Å². The summed E-state index contributed by atoms with van der Waals surface area (Å²) < 4.78 is 7.93. The fourth-order valence-electron chi connectivity index (χ4n) is 2.48. The van der Waals surface area contributed by atoms with E-state index in [0.717, 1.165) is 15.7 Å². The molecule has 0 fully saturated rings. The minimum Gasteiger partial charge on any atom is -0.374 e. The molecule has 0 atom stereocenters. The minimum absolute atomic E-state index is 0.125.